The van der Waals surface area contributed by atoms with Gasteiger partial charge in [0.25, 0.3) is 0 Å². The quantitative estimate of drug-likeness (QED) is 0.418. The van der Waals surface area contributed by atoms with Gasteiger partial charge < -0.3 is 8.92 Å². The van der Waals surface area contributed by atoms with Crippen LogP contribution in [0.3, 0.4) is 0 Å². The van der Waals surface area contributed by atoms with Crippen molar-refractivity contribution in [2.24, 2.45) is 0 Å². The summed E-state index contributed by atoms with van der Waals surface area (Å²) in [4.78, 5) is 1.05. The summed E-state index contributed by atoms with van der Waals surface area (Å²) in [5, 5.41) is 0. The third-order valence-corrected chi connectivity index (χ3v) is 2.82. The van der Waals surface area contributed by atoms with Crippen LogP contribution in [0.1, 0.15) is 13.8 Å². The Morgan fingerprint density at radius 1 is 1.17 bits per heavy atom. The third-order valence-electron chi connectivity index (χ3n) is 2.19. The Morgan fingerprint density at radius 2 is 1.83 bits per heavy atom. The monoisotopic (exact) mass is 262 g/mol. The molecule has 3 heteroatoms. The van der Waals surface area contributed by atoms with E-state index in [1.807, 2.05) is 50.3 Å². The fourth-order valence-electron chi connectivity index (χ4n) is 1.20. The highest BCUT2D eigenvalue weighted by atomic mass is 32.2. The van der Waals surface area contributed by atoms with Gasteiger partial charge in [0, 0.05) is 16.9 Å². The van der Waals surface area contributed by atoms with Crippen molar-refractivity contribution in [2.45, 2.75) is 18.7 Å². The van der Waals surface area contributed by atoms with E-state index in [4.69, 9.17) is 8.92 Å². The number of hydrogen-bond acceptors (Lipinski definition) is 3. The van der Waals surface area contributed by atoms with Gasteiger partial charge in [-0.25, -0.2) is 0 Å². The topological polar surface area (TPSA) is 18.5 Å². The van der Waals surface area contributed by atoms with E-state index in [0.29, 0.717) is 0 Å². The van der Waals surface area contributed by atoms with E-state index in [0.717, 1.165) is 22.0 Å². The number of benzene rings is 1. The fourth-order valence-corrected chi connectivity index (χ4v) is 1.64. The van der Waals surface area contributed by atoms with E-state index in [-0.39, 0.29) is 0 Å². The van der Waals surface area contributed by atoms with Gasteiger partial charge in [0.15, 0.2) is 0 Å². The molecule has 1 aromatic carbocycles. The zero-order chi connectivity index (χ0) is 13.4. The van der Waals surface area contributed by atoms with E-state index in [1.165, 1.54) is 12.0 Å². The molecule has 0 heterocycles. The average Bonchev–Trinajstić information content (AvgIpc) is 2.38. The third kappa shape index (κ3) is 5.25. The molecule has 0 aromatic heterocycles. The molecule has 1 aromatic rings. The fraction of sp³-hybridized carbons (Fsp3) is 0.200. The summed E-state index contributed by atoms with van der Waals surface area (Å²) < 4.78 is 10.6. The van der Waals surface area contributed by atoms with Gasteiger partial charge in [0.1, 0.15) is 11.5 Å². The molecule has 0 N–H and O–H groups in total. The van der Waals surface area contributed by atoms with Gasteiger partial charge in [0.05, 0.1) is 7.11 Å². The Kier molecular flexibility index (Phi) is 6.33. The van der Waals surface area contributed by atoms with Crippen LogP contribution in [-0.2, 0) is 4.18 Å². The predicted octanol–water partition coefficient (Wildman–Crippen LogP) is 4.76. The van der Waals surface area contributed by atoms with Crippen LogP contribution in [0.15, 0.2) is 65.3 Å². The summed E-state index contributed by atoms with van der Waals surface area (Å²) in [7, 11) is 1.65. The molecule has 18 heavy (non-hydrogen) atoms. The van der Waals surface area contributed by atoms with Gasteiger partial charge in [-0.1, -0.05) is 24.3 Å². The molecule has 0 fully saturated rings. The maximum absolute atomic E-state index is 5.67. The summed E-state index contributed by atoms with van der Waals surface area (Å²) in [6.45, 7) is 7.61. The minimum Gasteiger partial charge on any atom is -0.462 e. The second-order valence-electron chi connectivity index (χ2n) is 3.72. The molecule has 0 aliphatic heterocycles. The number of ether oxygens (including phenoxy) is 1. The molecular formula is C15H18O2S. The molecule has 0 spiro atoms. The van der Waals surface area contributed by atoms with Crippen molar-refractivity contribution < 1.29 is 8.92 Å². The van der Waals surface area contributed by atoms with Crippen molar-refractivity contribution in [3.05, 3.63) is 60.4 Å². The second kappa shape index (κ2) is 7.80. The minimum atomic E-state index is 0.814. The van der Waals surface area contributed by atoms with E-state index < -0.39 is 0 Å². The summed E-state index contributed by atoms with van der Waals surface area (Å²) in [5.41, 5.74) is 1.10. The van der Waals surface area contributed by atoms with Crippen LogP contribution in [0.5, 0.6) is 5.75 Å². The molecule has 0 aliphatic rings. The Bertz CT molecular complexity index is 444. The van der Waals surface area contributed by atoms with Gasteiger partial charge in [0.2, 0.25) is 0 Å². The van der Waals surface area contributed by atoms with Crippen molar-refractivity contribution in [3.8, 4) is 5.75 Å². The summed E-state index contributed by atoms with van der Waals surface area (Å²) in [5.74, 6) is 1.65. The Morgan fingerprint density at radius 3 is 2.39 bits per heavy atom. The molecule has 2 nitrogen and oxygen atoms in total. The first-order valence-electron chi connectivity index (χ1n) is 5.62. The molecule has 0 unspecified atom stereocenters. The normalized spacial score (nSPS) is 12.4. The Balaban J connectivity index is 2.64. The van der Waals surface area contributed by atoms with Crippen LogP contribution < -0.4 is 4.74 Å². The SMILES string of the molecule is C=C/C(C)=C\C=C(/C)Oc1ccc(SOC)cc1. The molecule has 0 saturated heterocycles. The second-order valence-corrected chi connectivity index (χ2v) is 4.69. The highest BCUT2D eigenvalue weighted by Gasteiger charge is 1.97. The van der Waals surface area contributed by atoms with E-state index in [9.17, 15) is 0 Å². The smallest absolute Gasteiger partial charge is 0.126 e. The van der Waals surface area contributed by atoms with Crippen molar-refractivity contribution in [1.82, 2.24) is 0 Å². The molecule has 0 aliphatic carbocycles. The highest BCUT2D eigenvalue weighted by molar-refractivity contribution is 7.94. The van der Waals surface area contributed by atoms with Gasteiger partial charge in [-0.3, -0.25) is 0 Å². The lowest BCUT2D eigenvalue weighted by Gasteiger charge is -2.06. The minimum absolute atomic E-state index is 0.814. The standard InChI is InChI=1S/C15H18O2S/c1-5-12(2)6-7-13(3)17-14-8-10-15(11-9-14)18-16-4/h5-11H,1H2,2-4H3/b12-6-,13-7+. The number of hydrogen-bond donors (Lipinski definition) is 0. The summed E-state index contributed by atoms with van der Waals surface area (Å²) >= 11 is 1.33. The summed E-state index contributed by atoms with van der Waals surface area (Å²) in [6, 6.07) is 7.76. The van der Waals surface area contributed by atoms with Gasteiger partial charge in [-0.2, -0.15) is 0 Å². The first-order chi connectivity index (χ1) is 8.65. The maximum atomic E-state index is 5.67. The number of allylic oxidation sites excluding steroid dienone is 5. The highest BCUT2D eigenvalue weighted by Crippen LogP contribution is 2.22. The van der Waals surface area contributed by atoms with Crippen LogP contribution in [0.25, 0.3) is 0 Å². The van der Waals surface area contributed by atoms with Crippen LogP contribution >= 0.6 is 12.0 Å². The molecule has 0 amide bonds. The first-order valence-corrected chi connectivity index (χ1v) is 6.36. The lowest BCUT2D eigenvalue weighted by molar-refractivity contribution is 0.427. The molecule has 0 bridgehead atoms. The van der Waals surface area contributed by atoms with Crippen LogP contribution in [0, 0.1) is 0 Å². The predicted molar refractivity (Wildman–Crippen MR) is 77.6 cm³/mol. The first kappa shape index (κ1) is 14.6. The van der Waals surface area contributed by atoms with Gasteiger partial charge in [-0.15, -0.1) is 0 Å². The Labute approximate surface area is 113 Å². The lowest BCUT2D eigenvalue weighted by Crippen LogP contribution is -1.90. The maximum Gasteiger partial charge on any atom is 0.126 e. The van der Waals surface area contributed by atoms with E-state index in [1.54, 1.807) is 13.2 Å². The van der Waals surface area contributed by atoms with Gasteiger partial charge in [-0.05, 0) is 44.2 Å². The van der Waals surface area contributed by atoms with Crippen molar-refractivity contribution in [2.75, 3.05) is 7.11 Å². The molecule has 1 rings (SSSR count). The lowest BCUT2D eigenvalue weighted by atomic mass is 10.2. The van der Waals surface area contributed by atoms with Crippen LogP contribution in [0.4, 0.5) is 0 Å². The number of rotatable bonds is 6. The van der Waals surface area contributed by atoms with Crippen LogP contribution in [-0.4, -0.2) is 7.11 Å². The molecule has 0 saturated carbocycles. The van der Waals surface area contributed by atoms with Gasteiger partial charge >= 0.3 is 0 Å². The zero-order valence-electron chi connectivity index (χ0n) is 11.0. The molecule has 96 valence electrons. The van der Waals surface area contributed by atoms with E-state index >= 15 is 0 Å². The average molecular weight is 262 g/mol. The van der Waals surface area contributed by atoms with Crippen molar-refractivity contribution in [1.29, 1.82) is 0 Å². The zero-order valence-corrected chi connectivity index (χ0v) is 11.8. The molecule has 0 radical (unpaired) electrons. The van der Waals surface area contributed by atoms with E-state index in [2.05, 4.69) is 6.58 Å². The molecule has 0 atom stereocenters. The largest absolute Gasteiger partial charge is 0.462 e. The molecular weight excluding hydrogens is 244 g/mol. The summed E-state index contributed by atoms with van der Waals surface area (Å²) in [6.07, 6.45) is 5.70. The van der Waals surface area contributed by atoms with Crippen molar-refractivity contribution >= 4 is 12.0 Å². The van der Waals surface area contributed by atoms with Crippen LogP contribution in [0.2, 0.25) is 0 Å². The Hall–Kier alpha value is -1.45. The van der Waals surface area contributed by atoms with Crippen molar-refractivity contribution in [3.63, 3.8) is 0 Å².